The van der Waals surface area contributed by atoms with Crippen LogP contribution in [0.2, 0.25) is 0 Å². The summed E-state index contributed by atoms with van der Waals surface area (Å²) in [5.41, 5.74) is 0.789. The maximum Gasteiger partial charge on any atom is 0.373 e. The van der Waals surface area contributed by atoms with E-state index >= 15 is 0 Å². The lowest BCUT2D eigenvalue weighted by Gasteiger charge is -1.94. The van der Waals surface area contributed by atoms with E-state index in [1.54, 1.807) is 12.1 Å². The molecule has 0 N–H and O–H groups in total. The van der Waals surface area contributed by atoms with Crippen molar-refractivity contribution in [3.8, 4) is 0 Å². The highest BCUT2D eigenvalue weighted by Crippen LogP contribution is 2.05. The van der Waals surface area contributed by atoms with E-state index in [9.17, 15) is 4.39 Å². The van der Waals surface area contributed by atoms with Crippen molar-refractivity contribution in [3.63, 3.8) is 0 Å². The Bertz CT molecular complexity index is 265. The van der Waals surface area contributed by atoms with Gasteiger partial charge < -0.3 is 0 Å². The molecule has 0 aliphatic heterocycles. The van der Waals surface area contributed by atoms with E-state index in [1.807, 2.05) is 13.0 Å². The molecule has 0 radical (unpaired) electrons. The van der Waals surface area contributed by atoms with Crippen LogP contribution in [0.15, 0.2) is 24.3 Å². The van der Waals surface area contributed by atoms with Crippen molar-refractivity contribution in [2.75, 3.05) is 0 Å². The first-order chi connectivity index (χ1) is 5.76. The van der Waals surface area contributed by atoms with Gasteiger partial charge in [0.1, 0.15) is 5.82 Å². The SMILES string of the molecule is CCc1ccccc1F.O=C=O. The number of hydrogen-bond donors (Lipinski definition) is 0. The van der Waals surface area contributed by atoms with Gasteiger partial charge in [-0.1, -0.05) is 25.1 Å². The first-order valence-electron chi connectivity index (χ1n) is 3.49. The Kier molecular flexibility index (Phi) is 5.49. The zero-order valence-corrected chi connectivity index (χ0v) is 6.71. The molecule has 0 bridgehead atoms. The maximum absolute atomic E-state index is 12.6. The van der Waals surface area contributed by atoms with E-state index in [-0.39, 0.29) is 12.0 Å². The molecule has 0 aromatic heterocycles. The van der Waals surface area contributed by atoms with Crippen LogP contribution in [0.1, 0.15) is 12.5 Å². The molecule has 12 heavy (non-hydrogen) atoms. The van der Waals surface area contributed by atoms with Gasteiger partial charge in [-0.3, -0.25) is 0 Å². The third-order valence-corrected chi connectivity index (χ3v) is 1.34. The second kappa shape index (κ2) is 6.25. The average Bonchev–Trinajstić information content (AvgIpc) is 2.07. The molecule has 0 saturated carbocycles. The van der Waals surface area contributed by atoms with Gasteiger partial charge in [0.25, 0.3) is 0 Å². The summed E-state index contributed by atoms with van der Waals surface area (Å²) in [6.45, 7) is 1.94. The molecule has 0 aliphatic carbocycles. The van der Waals surface area contributed by atoms with Gasteiger partial charge in [0.05, 0.1) is 0 Å². The Balaban J connectivity index is 0.000000354. The number of rotatable bonds is 1. The molecule has 64 valence electrons. The Hall–Kier alpha value is -1.47. The minimum atomic E-state index is -0.0972. The van der Waals surface area contributed by atoms with Crippen molar-refractivity contribution in [1.29, 1.82) is 0 Å². The molecule has 1 aromatic carbocycles. The highest BCUT2D eigenvalue weighted by Gasteiger charge is 1.93. The van der Waals surface area contributed by atoms with Crippen LogP contribution in [0.3, 0.4) is 0 Å². The van der Waals surface area contributed by atoms with E-state index < -0.39 is 0 Å². The molecule has 0 spiro atoms. The second-order valence-corrected chi connectivity index (χ2v) is 2.03. The van der Waals surface area contributed by atoms with E-state index in [4.69, 9.17) is 9.59 Å². The molecule has 0 aliphatic rings. The van der Waals surface area contributed by atoms with Crippen LogP contribution in [0.4, 0.5) is 4.39 Å². The summed E-state index contributed by atoms with van der Waals surface area (Å²) in [6.07, 6.45) is 1.02. The molecule has 0 fully saturated rings. The van der Waals surface area contributed by atoms with Crippen molar-refractivity contribution < 1.29 is 14.0 Å². The van der Waals surface area contributed by atoms with Gasteiger partial charge in [0.15, 0.2) is 0 Å². The third kappa shape index (κ3) is 3.64. The number of halogens is 1. The molecule has 0 amide bonds. The van der Waals surface area contributed by atoms with Gasteiger partial charge in [-0.15, -0.1) is 0 Å². The van der Waals surface area contributed by atoms with Gasteiger partial charge in [-0.25, -0.2) is 4.39 Å². The quantitative estimate of drug-likeness (QED) is 0.640. The van der Waals surface area contributed by atoms with Gasteiger partial charge in [-0.05, 0) is 18.1 Å². The maximum atomic E-state index is 12.6. The monoisotopic (exact) mass is 168 g/mol. The molecule has 1 rings (SSSR count). The summed E-state index contributed by atoms with van der Waals surface area (Å²) >= 11 is 0. The number of benzene rings is 1. The average molecular weight is 168 g/mol. The van der Waals surface area contributed by atoms with Crippen molar-refractivity contribution in [3.05, 3.63) is 35.6 Å². The topological polar surface area (TPSA) is 34.1 Å². The molecular weight excluding hydrogens is 159 g/mol. The summed E-state index contributed by atoms with van der Waals surface area (Å²) in [5.74, 6) is -0.0972. The zero-order valence-electron chi connectivity index (χ0n) is 6.71. The minimum absolute atomic E-state index is 0.0972. The fourth-order valence-corrected chi connectivity index (χ4v) is 0.785. The number of carbonyl (C=O) groups excluding carboxylic acids is 2. The Morgan fingerprint density at radius 1 is 1.33 bits per heavy atom. The molecule has 2 nitrogen and oxygen atoms in total. The van der Waals surface area contributed by atoms with E-state index in [1.165, 1.54) is 6.07 Å². The summed E-state index contributed by atoms with van der Waals surface area (Å²) in [5, 5.41) is 0. The van der Waals surface area contributed by atoms with Crippen molar-refractivity contribution in [2.45, 2.75) is 13.3 Å². The van der Waals surface area contributed by atoms with Crippen LogP contribution in [-0.2, 0) is 16.0 Å². The molecule has 3 heteroatoms. The summed E-state index contributed by atoms with van der Waals surface area (Å²) in [6, 6.07) is 6.84. The van der Waals surface area contributed by atoms with Crippen LogP contribution >= 0.6 is 0 Å². The highest BCUT2D eigenvalue weighted by molar-refractivity contribution is 5.20. The number of hydrogen-bond acceptors (Lipinski definition) is 2. The van der Waals surface area contributed by atoms with Gasteiger partial charge in [0, 0.05) is 0 Å². The van der Waals surface area contributed by atoms with Gasteiger partial charge >= 0.3 is 6.15 Å². The smallest absolute Gasteiger partial charge is 0.207 e. The molecular formula is C9H9FO2. The van der Waals surface area contributed by atoms with Crippen LogP contribution in [0, 0.1) is 5.82 Å². The Labute approximate surface area is 70.0 Å². The summed E-state index contributed by atoms with van der Waals surface area (Å²) in [7, 11) is 0. The van der Waals surface area contributed by atoms with Crippen molar-refractivity contribution in [1.82, 2.24) is 0 Å². The minimum Gasteiger partial charge on any atom is -0.207 e. The zero-order chi connectivity index (χ0) is 9.40. The standard InChI is InChI=1S/C8H9F.CO2/c1-2-7-5-3-4-6-8(7)9;2-1-3/h3-6H,2H2,1H3;. The molecule has 0 atom stereocenters. The van der Waals surface area contributed by atoms with Crippen LogP contribution < -0.4 is 0 Å². The van der Waals surface area contributed by atoms with E-state index in [0.29, 0.717) is 0 Å². The predicted molar refractivity (Wildman–Crippen MR) is 40.8 cm³/mol. The van der Waals surface area contributed by atoms with Crippen molar-refractivity contribution in [2.24, 2.45) is 0 Å². The molecule has 0 unspecified atom stereocenters. The van der Waals surface area contributed by atoms with E-state index in [0.717, 1.165) is 12.0 Å². The predicted octanol–water partition coefficient (Wildman–Crippen LogP) is 1.80. The normalized spacial score (nSPS) is 7.83. The van der Waals surface area contributed by atoms with Crippen LogP contribution in [-0.4, -0.2) is 6.15 Å². The summed E-state index contributed by atoms with van der Waals surface area (Å²) in [4.78, 5) is 16.2. The largest absolute Gasteiger partial charge is 0.373 e. The van der Waals surface area contributed by atoms with Gasteiger partial charge in [0.2, 0.25) is 0 Å². The molecule has 0 saturated heterocycles. The lowest BCUT2D eigenvalue weighted by Crippen LogP contribution is -1.83. The second-order valence-electron chi connectivity index (χ2n) is 2.03. The van der Waals surface area contributed by atoms with Crippen LogP contribution in [0.25, 0.3) is 0 Å². The summed E-state index contributed by atoms with van der Waals surface area (Å²) < 4.78 is 12.6. The Morgan fingerprint density at radius 2 is 1.83 bits per heavy atom. The first kappa shape index (κ1) is 10.5. The molecule has 0 heterocycles. The highest BCUT2D eigenvalue weighted by atomic mass is 19.1. The fraction of sp³-hybridized carbons (Fsp3) is 0.222. The molecule has 1 aromatic rings. The third-order valence-electron chi connectivity index (χ3n) is 1.34. The van der Waals surface area contributed by atoms with Crippen LogP contribution in [0.5, 0.6) is 0 Å². The van der Waals surface area contributed by atoms with Gasteiger partial charge in [-0.2, -0.15) is 9.59 Å². The van der Waals surface area contributed by atoms with Crippen molar-refractivity contribution >= 4 is 6.15 Å². The fourth-order valence-electron chi connectivity index (χ4n) is 0.785. The lowest BCUT2D eigenvalue weighted by molar-refractivity contribution is -0.191. The Morgan fingerprint density at radius 3 is 2.17 bits per heavy atom. The number of aryl methyl sites for hydroxylation is 1. The first-order valence-corrected chi connectivity index (χ1v) is 3.49. The van der Waals surface area contributed by atoms with E-state index in [2.05, 4.69) is 0 Å². The lowest BCUT2D eigenvalue weighted by atomic mass is 10.2.